The molecule has 0 fully saturated rings. The number of nitrogens with one attached hydrogen (secondary N) is 2. The number of aromatic nitrogens is 2. The van der Waals surface area contributed by atoms with Crippen LogP contribution in [0, 0.1) is 13.8 Å². The summed E-state index contributed by atoms with van der Waals surface area (Å²) >= 11 is 0. The zero-order valence-corrected chi connectivity index (χ0v) is 10.2. The first-order valence-corrected chi connectivity index (χ1v) is 5.48. The highest BCUT2D eigenvalue weighted by molar-refractivity contribution is 5.95. The highest BCUT2D eigenvalue weighted by atomic mass is 16.3. The number of rotatable bonds is 4. The lowest BCUT2D eigenvalue weighted by molar-refractivity contribution is 0.0912. The van der Waals surface area contributed by atoms with Crippen LogP contribution in [0.15, 0.2) is 4.79 Å². The van der Waals surface area contributed by atoms with Crippen LogP contribution in [-0.2, 0) is 0 Å². The Labute approximate surface area is 99.1 Å². The summed E-state index contributed by atoms with van der Waals surface area (Å²) in [5.74, 6) is -0.477. The number of carbonyl (C=O) groups excluding carboxylic acids is 1. The molecule has 0 radical (unpaired) electrons. The SMILES string of the molecule is CC[C@H](CO)NC(=O)c1c(C)c(C)n[nH]c1=O. The highest BCUT2D eigenvalue weighted by Gasteiger charge is 2.18. The lowest BCUT2D eigenvalue weighted by Crippen LogP contribution is -2.40. The molecule has 6 nitrogen and oxygen atoms in total. The molecule has 0 unspecified atom stereocenters. The Kier molecular flexibility index (Phi) is 4.39. The molecule has 1 atom stereocenters. The van der Waals surface area contributed by atoms with Crippen LogP contribution in [0.25, 0.3) is 0 Å². The third kappa shape index (κ3) is 2.91. The molecule has 1 aromatic heterocycles. The molecule has 0 aliphatic heterocycles. The van der Waals surface area contributed by atoms with Crippen LogP contribution in [0.2, 0.25) is 0 Å². The predicted molar refractivity (Wildman–Crippen MR) is 63.0 cm³/mol. The van der Waals surface area contributed by atoms with E-state index in [0.29, 0.717) is 17.7 Å². The summed E-state index contributed by atoms with van der Waals surface area (Å²) in [5.41, 5.74) is 0.702. The Hall–Kier alpha value is -1.69. The van der Waals surface area contributed by atoms with Crippen molar-refractivity contribution in [2.75, 3.05) is 6.61 Å². The minimum absolute atomic E-state index is 0.0596. The maximum Gasteiger partial charge on any atom is 0.277 e. The predicted octanol–water partition coefficient (Wildman–Crippen LogP) is -0.113. The van der Waals surface area contributed by atoms with Gasteiger partial charge in [0.1, 0.15) is 5.56 Å². The lowest BCUT2D eigenvalue weighted by Gasteiger charge is -2.14. The zero-order valence-electron chi connectivity index (χ0n) is 10.2. The average Bonchev–Trinajstić information content (AvgIpc) is 2.31. The van der Waals surface area contributed by atoms with Crippen molar-refractivity contribution in [3.63, 3.8) is 0 Å². The fourth-order valence-electron chi connectivity index (χ4n) is 1.43. The van der Waals surface area contributed by atoms with Crippen LogP contribution in [0.5, 0.6) is 0 Å². The quantitative estimate of drug-likeness (QED) is 0.683. The number of carbonyl (C=O) groups is 1. The first kappa shape index (κ1) is 13.4. The summed E-state index contributed by atoms with van der Waals surface area (Å²) in [4.78, 5) is 23.4. The molecule has 0 aromatic carbocycles. The molecular formula is C11H17N3O3. The number of nitrogens with zero attached hydrogens (tertiary/aromatic N) is 1. The van der Waals surface area contributed by atoms with Crippen LogP contribution >= 0.6 is 0 Å². The number of amides is 1. The van der Waals surface area contributed by atoms with Crippen LogP contribution in [0.4, 0.5) is 0 Å². The first-order valence-electron chi connectivity index (χ1n) is 5.48. The molecule has 3 N–H and O–H groups in total. The fourth-order valence-corrected chi connectivity index (χ4v) is 1.43. The summed E-state index contributed by atoms with van der Waals surface area (Å²) in [7, 11) is 0. The van der Waals surface area contributed by atoms with Gasteiger partial charge in [-0.2, -0.15) is 5.10 Å². The van der Waals surface area contributed by atoms with Gasteiger partial charge in [-0.05, 0) is 25.8 Å². The van der Waals surface area contributed by atoms with Crippen LogP contribution in [-0.4, -0.2) is 33.9 Å². The zero-order chi connectivity index (χ0) is 13.0. The van der Waals surface area contributed by atoms with Crippen molar-refractivity contribution in [3.05, 3.63) is 27.2 Å². The van der Waals surface area contributed by atoms with Gasteiger partial charge in [0.2, 0.25) is 0 Å². The maximum atomic E-state index is 11.9. The van der Waals surface area contributed by atoms with Crippen molar-refractivity contribution < 1.29 is 9.90 Å². The topological polar surface area (TPSA) is 95.1 Å². The third-order valence-electron chi connectivity index (χ3n) is 2.75. The van der Waals surface area contributed by atoms with E-state index >= 15 is 0 Å². The third-order valence-corrected chi connectivity index (χ3v) is 2.75. The van der Waals surface area contributed by atoms with E-state index in [0.717, 1.165) is 0 Å². The number of H-pyrrole nitrogens is 1. The molecular weight excluding hydrogens is 222 g/mol. The lowest BCUT2D eigenvalue weighted by atomic mass is 10.1. The monoisotopic (exact) mass is 239 g/mol. The molecule has 0 spiro atoms. The molecule has 0 saturated carbocycles. The largest absolute Gasteiger partial charge is 0.394 e. The summed E-state index contributed by atoms with van der Waals surface area (Å²) in [5, 5.41) is 17.7. The van der Waals surface area contributed by atoms with E-state index < -0.39 is 11.5 Å². The van der Waals surface area contributed by atoms with Gasteiger partial charge in [-0.25, -0.2) is 5.10 Å². The van der Waals surface area contributed by atoms with Gasteiger partial charge < -0.3 is 10.4 Å². The molecule has 1 heterocycles. The smallest absolute Gasteiger partial charge is 0.277 e. The van der Waals surface area contributed by atoms with Gasteiger partial charge in [-0.1, -0.05) is 6.92 Å². The molecule has 1 aromatic rings. The second-order valence-electron chi connectivity index (χ2n) is 3.90. The van der Waals surface area contributed by atoms with Crippen LogP contribution < -0.4 is 10.9 Å². The van der Waals surface area contributed by atoms with Gasteiger partial charge in [-0.3, -0.25) is 9.59 Å². The van der Waals surface area contributed by atoms with Gasteiger partial charge in [-0.15, -0.1) is 0 Å². The first-order chi connectivity index (χ1) is 8.01. The molecule has 94 valence electrons. The Morgan fingerprint density at radius 1 is 1.53 bits per heavy atom. The minimum atomic E-state index is -0.515. The normalized spacial score (nSPS) is 12.2. The minimum Gasteiger partial charge on any atom is -0.394 e. The fraction of sp³-hybridized carbons (Fsp3) is 0.545. The molecule has 1 amide bonds. The Morgan fingerprint density at radius 3 is 2.71 bits per heavy atom. The van der Waals surface area contributed by atoms with Crippen molar-refractivity contribution in [1.82, 2.24) is 15.5 Å². The second kappa shape index (κ2) is 5.58. The average molecular weight is 239 g/mol. The molecule has 0 aliphatic rings. The Balaban J connectivity index is 3.04. The highest BCUT2D eigenvalue weighted by Crippen LogP contribution is 2.05. The van der Waals surface area contributed by atoms with E-state index in [9.17, 15) is 9.59 Å². The van der Waals surface area contributed by atoms with Crippen molar-refractivity contribution in [2.24, 2.45) is 0 Å². The summed E-state index contributed by atoms with van der Waals surface area (Å²) < 4.78 is 0. The number of hydrogen-bond acceptors (Lipinski definition) is 4. The molecule has 0 bridgehead atoms. The number of aryl methyl sites for hydroxylation is 1. The Bertz CT molecular complexity index is 464. The molecule has 17 heavy (non-hydrogen) atoms. The Morgan fingerprint density at radius 2 is 2.18 bits per heavy atom. The molecule has 0 aliphatic carbocycles. The van der Waals surface area contributed by atoms with E-state index in [1.165, 1.54) is 0 Å². The van der Waals surface area contributed by atoms with Crippen molar-refractivity contribution in [2.45, 2.75) is 33.2 Å². The van der Waals surface area contributed by atoms with Gasteiger partial charge in [0.25, 0.3) is 11.5 Å². The molecule has 0 saturated heterocycles. The summed E-state index contributed by atoms with van der Waals surface area (Å²) in [6.07, 6.45) is 0.600. The van der Waals surface area contributed by atoms with Gasteiger partial charge in [0.05, 0.1) is 18.3 Å². The van der Waals surface area contributed by atoms with E-state index in [-0.39, 0.29) is 18.2 Å². The van der Waals surface area contributed by atoms with Crippen LogP contribution in [0.3, 0.4) is 0 Å². The number of aromatic amines is 1. The van der Waals surface area contributed by atoms with Gasteiger partial charge >= 0.3 is 0 Å². The van der Waals surface area contributed by atoms with Crippen LogP contribution in [0.1, 0.15) is 35.0 Å². The van der Waals surface area contributed by atoms with Gasteiger partial charge in [0, 0.05) is 0 Å². The van der Waals surface area contributed by atoms with E-state index in [4.69, 9.17) is 5.11 Å². The number of hydrogen-bond donors (Lipinski definition) is 3. The molecule has 1 rings (SSSR count). The van der Waals surface area contributed by atoms with Crippen molar-refractivity contribution >= 4 is 5.91 Å². The second-order valence-corrected chi connectivity index (χ2v) is 3.90. The van der Waals surface area contributed by atoms with E-state index in [1.807, 2.05) is 6.92 Å². The summed E-state index contributed by atoms with van der Waals surface area (Å²) in [6, 6.07) is -0.338. The number of aliphatic hydroxyl groups excluding tert-OH is 1. The van der Waals surface area contributed by atoms with E-state index in [1.54, 1.807) is 13.8 Å². The van der Waals surface area contributed by atoms with E-state index in [2.05, 4.69) is 15.5 Å². The van der Waals surface area contributed by atoms with Crippen molar-refractivity contribution in [1.29, 1.82) is 0 Å². The van der Waals surface area contributed by atoms with Gasteiger partial charge in [0.15, 0.2) is 0 Å². The standard InChI is InChI=1S/C11H17N3O3/c1-4-8(5-15)12-10(16)9-6(2)7(3)13-14-11(9)17/h8,15H,4-5H2,1-3H3,(H,12,16)(H,14,17)/t8-/m1/s1. The maximum absolute atomic E-state index is 11.9. The molecule has 6 heteroatoms. The number of aliphatic hydroxyl groups is 1. The van der Waals surface area contributed by atoms with Crippen molar-refractivity contribution in [3.8, 4) is 0 Å². The summed E-state index contributed by atoms with van der Waals surface area (Å²) in [6.45, 7) is 5.08.